The van der Waals surface area contributed by atoms with E-state index in [2.05, 4.69) is 21.8 Å². The summed E-state index contributed by atoms with van der Waals surface area (Å²) in [7, 11) is 0. The maximum atomic E-state index is 11.9. The molecule has 1 N–H and O–H groups in total. The highest BCUT2D eigenvalue weighted by atomic mass is 16.3. The predicted octanol–water partition coefficient (Wildman–Crippen LogP) is 2.99. The molecule has 0 amide bonds. The number of aromatic nitrogens is 3. The molecule has 0 bridgehead atoms. The van der Waals surface area contributed by atoms with Gasteiger partial charge in [0.15, 0.2) is 0 Å². The molecular weight excluding hydrogens is 314 g/mol. The zero-order valence-corrected chi connectivity index (χ0v) is 14.0. The molecule has 2 heterocycles. The molecule has 0 aliphatic rings. The van der Waals surface area contributed by atoms with Crippen molar-refractivity contribution in [2.24, 2.45) is 0 Å². The number of pyridine rings is 1. The van der Waals surface area contributed by atoms with Crippen LogP contribution in [0.25, 0.3) is 11.3 Å². The minimum absolute atomic E-state index is 0.0495. The van der Waals surface area contributed by atoms with Gasteiger partial charge in [-0.05, 0) is 44.0 Å². The van der Waals surface area contributed by atoms with Crippen molar-refractivity contribution in [3.63, 3.8) is 0 Å². The fraction of sp³-hybridized carbons (Fsp3) is 0.150. The average molecular weight is 331 g/mol. The van der Waals surface area contributed by atoms with Gasteiger partial charge in [0.25, 0.3) is 5.56 Å². The Balaban J connectivity index is 1.95. The summed E-state index contributed by atoms with van der Waals surface area (Å²) in [4.78, 5) is 20.6. The first-order chi connectivity index (χ1) is 12.0. The number of phenolic OH excluding ortho intramolecular Hbond substituents is 1. The van der Waals surface area contributed by atoms with Gasteiger partial charge < -0.3 is 9.67 Å². The van der Waals surface area contributed by atoms with Gasteiger partial charge in [-0.25, -0.2) is 4.98 Å². The molecular formula is C20H17N3O2. The minimum Gasteiger partial charge on any atom is -0.508 e. The number of hydrogen-bond donors (Lipinski definition) is 1. The van der Waals surface area contributed by atoms with Crippen molar-refractivity contribution in [2.75, 3.05) is 0 Å². The van der Waals surface area contributed by atoms with E-state index in [0.29, 0.717) is 17.0 Å². The van der Waals surface area contributed by atoms with Gasteiger partial charge in [0.05, 0.1) is 18.1 Å². The number of aromatic hydroxyl groups is 1. The second kappa shape index (κ2) is 7.02. The fourth-order valence-corrected chi connectivity index (χ4v) is 2.34. The Morgan fingerprint density at radius 2 is 1.96 bits per heavy atom. The second-order valence-corrected chi connectivity index (χ2v) is 5.85. The lowest BCUT2D eigenvalue weighted by Crippen LogP contribution is -2.20. The first-order valence-electron chi connectivity index (χ1n) is 7.88. The molecule has 2 aromatic heterocycles. The summed E-state index contributed by atoms with van der Waals surface area (Å²) in [6.45, 7) is 3.90. The van der Waals surface area contributed by atoms with Gasteiger partial charge in [-0.15, -0.1) is 0 Å². The maximum absolute atomic E-state index is 11.9. The molecule has 5 heteroatoms. The van der Waals surface area contributed by atoms with Crippen molar-refractivity contribution in [1.29, 1.82) is 0 Å². The van der Waals surface area contributed by atoms with Crippen LogP contribution >= 0.6 is 0 Å². The van der Waals surface area contributed by atoms with Crippen molar-refractivity contribution >= 4 is 0 Å². The van der Waals surface area contributed by atoms with Gasteiger partial charge in [-0.3, -0.25) is 9.78 Å². The zero-order chi connectivity index (χ0) is 17.8. The molecule has 0 saturated carbocycles. The van der Waals surface area contributed by atoms with Gasteiger partial charge in [-0.2, -0.15) is 0 Å². The van der Waals surface area contributed by atoms with Gasteiger partial charge in [-0.1, -0.05) is 12.0 Å². The van der Waals surface area contributed by atoms with E-state index in [1.54, 1.807) is 47.4 Å². The molecule has 0 saturated heterocycles. The smallest absolute Gasteiger partial charge is 0.250 e. The Kier molecular flexibility index (Phi) is 4.62. The first-order valence-corrected chi connectivity index (χ1v) is 7.88. The first kappa shape index (κ1) is 16.5. The third kappa shape index (κ3) is 3.93. The SMILES string of the molecule is CC(C)n1cc(-c2cncc(C#Cc3cccc(O)c3)n2)ccc1=O. The van der Waals surface area contributed by atoms with Crippen molar-refractivity contribution < 1.29 is 5.11 Å². The minimum atomic E-state index is -0.0495. The summed E-state index contributed by atoms with van der Waals surface area (Å²) in [5.41, 5.74) is 2.62. The summed E-state index contributed by atoms with van der Waals surface area (Å²) >= 11 is 0. The highest BCUT2D eigenvalue weighted by Gasteiger charge is 2.06. The molecule has 124 valence electrons. The lowest BCUT2D eigenvalue weighted by Gasteiger charge is -2.11. The normalized spacial score (nSPS) is 10.4. The zero-order valence-electron chi connectivity index (χ0n) is 14.0. The van der Waals surface area contributed by atoms with Crippen LogP contribution in [-0.2, 0) is 0 Å². The number of nitrogens with zero attached hydrogens (tertiary/aromatic N) is 3. The molecule has 25 heavy (non-hydrogen) atoms. The third-order valence-corrected chi connectivity index (χ3v) is 3.61. The highest BCUT2D eigenvalue weighted by Crippen LogP contribution is 2.16. The molecule has 0 aliphatic heterocycles. The Labute approximate surface area is 145 Å². The van der Waals surface area contributed by atoms with Crippen molar-refractivity contribution in [1.82, 2.24) is 14.5 Å². The van der Waals surface area contributed by atoms with Crippen molar-refractivity contribution in [3.8, 4) is 28.8 Å². The maximum Gasteiger partial charge on any atom is 0.250 e. The average Bonchev–Trinajstić information content (AvgIpc) is 2.60. The van der Waals surface area contributed by atoms with Gasteiger partial charge in [0, 0.05) is 29.4 Å². The summed E-state index contributed by atoms with van der Waals surface area (Å²) < 4.78 is 1.65. The number of benzene rings is 1. The molecule has 3 aromatic rings. The van der Waals surface area contributed by atoms with E-state index < -0.39 is 0 Å². The van der Waals surface area contributed by atoms with Gasteiger partial charge in [0.2, 0.25) is 0 Å². The molecule has 0 unspecified atom stereocenters. The summed E-state index contributed by atoms with van der Waals surface area (Å²) in [5, 5.41) is 9.47. The van der Waals surface area contributed by atoms with E-state index in [1.807, 2.05) is 19.9 Å². The quantitative estimate of drug-likeness (QED) is 0.733. The predicted molar refractivity (Wildman–Crippen MR) is 96.2 cm³/mol. The Morgan fingerprint density at radius 3 is 2.72 bits per heavy atom. The van der Waals surface area contributed by atoms with Crippen LogP contribution in [0, 0.1) is 11.8 Å². The van der Waals surface area contributed by atoms with E-state index in [-0.39, 0.29) is 17.4 Å². The van der Waals surface area contributed by atoms with Crippen molar-refractivity contribution in [3.05, 3.63) is 76.6 Å². The standard InChI is InChI=1S/C20H17N3O2/c1-14(2)23-13-16(7-9-20(23)25)19-12-21-11-17(22-19)8-6-15-4-3-5-18(24)10-15/h3-5,7,9-14,24H,1-2H3. The van der Waals surface area contributed by atoms with Gasteiger partial charge >= 0.3 is 0 Å². The van der Waals surface area contributed by atoms with E-state index in [4.69, 9.17) is 0 Å². The van der Waals surface area contributed by atoms with E-state index >= 15 is 0 Å². The largest absolute Gasteiger partial charge is 0.508 e. The molecule has 5 nitrogen and oxygen atoms in total. The van der Waals surface area contributed by atoms with Gasteiger partial charge in [0.1, 0.15) is 11.4 Å². The Hall–Kier alpha value is -3.39. The van der Waals surface area contributed by atoms with Crippen LogP contribution < -0.4 is 5.56 Å². The van der Waals surface area contributed by atoms with E-state index in [9.17, 15) is 9.90 Å². The summed E-state index contributed by atoms with van der Waals surface area (Å²) in [6, 6.07) is 10.0. The molecule has 1 aromatic carbocycles. The van der Waals surface area contributed by atoms with Crippen molar-refractivity contribution in [2.45, 2.75) is 19.9 Å². The molecule has 0 fully saturated rings. The number of hydrogen-bond acceptors (Lipinski definition) is 4. The van der Waals surface area contributed by atoms with Crippen LogP contribution in [0.15, 0.2) is 59.8 Å². The van der Waals surface area contributed by atoms with E-state index in [0.717, 1.165) is 5.56 Å². The monoisotopic (exact) mass is 331 g/mol. The summed E-state index contributed by atoms with van der Waals surface area (Å²) in [5.74, 6) is 6.06. The topological polar surface area (TPSA) is 68.0 Å². The number of rotatable bonds is 2. The molecule has 0 atom stereocenters. The molecule has 3 rings (SSSR count). The number of phenols is 1. The second-order valence-electron chi connectivity index (χ2n) is 5.85. The molecule has 0 spiro atoms. The fourth-order valence-electron chi connectivity index (χ4n) is 2.34. The Morgan fingerprint density at radius 1 is 1.12 bits per heavy atom. The third-order valence-electron chi connectivity index (χ3n) is 3.61. The van der Waals surface area contributed by atoms with Crippen LogP contribution in [0.3, 0.4) is 0 Å². The highest BCUT2D eigenvalue weighted by molar-refractivity contribution is 5.57. The summed E-state index contributed by atoms with van der Waals surface area (Å²) in [6.07, 6.45) is 5.01. The van der Waals surface area contributed by atoms with E-state index in [1.165, 1.54) is 6.07 Å². The van der Waals surface area contributed by atoms with Crippen LogP contribution in [0.1, 0.15) is 31.1 Å². The lowest BCUT2D eigenvalue weighted by molar-refractivity contribution is 0.475. The van der Waals surface area contributed by atoms with Crippen LogP contribution in [-0.4, -0.2) is 19.6 Å². The van der Waals surface area contributed by atoms with Crippen LogP contribution in [0.4, 0.5) is 0 Å². The van der Waals surface area contributed by atoms with Crippen LogP contribution in [0.5, 0.6) is 5.75 Å². The lowest BCUT2D eigenvalue weighted by atomic mass is 10.2. The molecule has 0 radical (unpaired) electrons. The Bertz CT molecular complexity index is 1030. The van der Waals surface area contributed by atoms with Crippen LogP contribution in [0.2, 0.25) is 0 Å². The molecule has 0 aliphatic carbocycles.